The molecule has 0 heterocycles. The smallest absolute Gasteiger partial charge is 0.161 e. The monoisotopic (exact) mass is 232 g/mol. The molecule has 0 fully saturated rings. The first-order valence-electron chi connectivity index (χ1n) is 5.93. The third-order valence-corrected chi connectivity index (χ3v) is 2.81. The van der Waals surface area contributed by atoms with Crippen molar-refractivity contribution in [2.75, 3.05) is 0 Å². The lowest BCUT2D eigenvalue weighted by Crippen LogP contribution is -2.00. The number of phenolic OH excluding ortho intramolecular Hbond substituents is 2. The molecule has 1 aromatic carbocycles. The first kappa shape index (κ1) is 13.4. The molecular weight excluding hydrogens is 212 g/mol. The zero-order chi connectivity index (χ0) is 12.8. The number of rotatable bonds is 6. The van der Waals surface area contributed by atoms with Crippen molar-refractivity contribution in [1.29, 1.82) is 0 Å². The molecule has 2 N–H and O–H groups in total. The van der Waals surface area contributed by atoms with Crippen LogP contribution in [0.2, 0.25) is 0 Å². The largest absolute Gasteiger partial charge is 0.504 e. The van der Waals surface area contributed by atoms with E-state index < -0.39 is 0 Å². The van der Waals surface area contributed by atoms with Gasteiger partial charge in [-0.2, -0.15) is 0 Å². The summed E-state index contributed by atoms with van der Waals surface area (Å²) in [5.74, 6) is -0.0697. The predicted molar refractivity (Wildman–Crippen MR) is 71.6 cm³/mol. The summed E-state index contributed by atoms with van der Waals surface area (Å²) < 4.78 is 0. The number of aromatic hydroxyl groups is 2. The Morgan fingerprint density at radius 2 is 1.71 bits per heavy atom. The van der Waals surface area contributed by atoms with Crippen LogP contribution in [0.1, 0.15) is 30.0 Å². The van der Waals surface area contributed by atoms with Crippen molar-refractivity contribution in [3.05, 3.63) is 48.1 Å². The normalized spacial score (nSPS) is 10.2. The Kier molecular flexibility index (Phi) is 4.83. The molecule has 0 atom stereocenters. The minimum atomic E-state index is -0.0434. The highest BCUT2D eigenvalue weighted by Gasteiger charge is 2.14. The highest BCUT2D eigenvalue weighted by atomic mass is 16.3. The maximum absolute atomic E-state index is 9.90. The molecule has 0 aliphatic carbocycles. The Hall–Kier alpha value is -1.70. The average molecular weight is 232 g/mol. The second kappa shape index (κ2) is 6.14. The zero-order valence-corrected chi connectivity index (χ0v) is 10.4. The molecular formula is C15H20O2. The van der Waals surface area contributed by atoms with Gasteiger partial charge in [-0.25, -0.2) is 0 Å². The molecule has 0 amide bonds. The Morgan fingerprint density at radius 3 is 2.24 bits per heavy atom. The average Bonchev–Trinajstić information content (AvgIpc) is 2.30. The van der Waals surface area contributed by atoms with E-state index in [0.29, 0.717) is 12.8 Å². The Morgan fingerprint density at radius 1 is 1.12 bits per heavy atom. The van der Waals surface area contributed by atoms with Crippen LogP contribution in [0.3, 0.4) is 0 Å². The van der Waals surface area contributed by atoms with Crippen molar-refractivity contribution in [2.45, 2.75) is 32.6 Å². The van der Waals surface area contributed by atoms with Crippen LogP contribution in [-0.4, -0.2) is 10.2 Å². The lowest BCUT2D eigenvalue weighted by atomic mass is 9.92. The molecule has 92 valence electrons. The van der Waals surface area contributed by atoms with Gasteiger partial charge in [-0.05, 0) is 36.5 Å². The fourth-order valence-corrected chi connectivity index (χ4v) is 2.07. The van der Waals surface area contributed by atoms with E-state index >= 15 is 0 Å². The third-order valence-electron chi connectivity index (χ3n) is 2.81. The van der Waals surface area contributed by atoms with E-state index in [0.717, 1.165) is 29.5 Å². The highest BCUT2D eigenvalue weighted by Crippen LogP contribution is 2.35. The summed E-state index contributed by atoms with van der Waals surface area (Å²) in [5.41, 5.74) is 2.92. The van der Waals surface area contributed by atoms with Gasteiger partial charge in [0.15, 0.2) is 11.5 Å². The first-order valence-corrected chi connectivity index (χ1v) is 5.93. The molecule has 0 unspecified atom stereocenters. The second-order valence-corrected chi connectivity index (χ2v) is 4.10. The van der Waals surface area contributed by atoms with Crippen LogP contribution in [0, 0.1) is 0 Å². The van der Waals surface area contributed by atoms with Gasteiger partial charge in [0.05, 0.1) is 0 Å². The molecule has 2 heteroatoms. The van der Waals surface area contributed by atoms with Crippen LogP contribution in [0.5, 0.6) is 11.5 Å². The molecule has 0 saturated heterocycles. The standard InChI is InChI=1S/C15H20O2/c1-4-7-11-10-14(16)15(17)13(9-6-3)12(11)8-5-2/h5-6,10,16-17H,2-4,7-9H2,1H3. The van der Waals surface area contributed by atoms with Crippen LogP contribution in [0.4, 0.5) is 0 Å². The summed E-state index contributed by atoms with van der Waals surface area (Å²) in [5, 5.41) is 19.6. The van der Waals surface area contributed by atoms with E-state index in [1.807, 2.05) is 6.08 Å². The van der Waals surface area contributed by atoms with Gasteiger partial charge in [0, 0.05) is 5.56 Å². The fourth-order valence-electron chi connectivity index (χ4n) is 2.07. The molecule has 0 spiro atoms. The van der Waals surface area contributed by atoms with Crippen molar-refractivity contribution in [3.63, 3.8) is 0 Å². The van der Waals surface area contributed by atoms with Crippen molar-refractivity contribution in [2.24, 2.45) is 0 Å². The molecule has 1 aromatic rings. The highest BCUT2D eigenvalue weighted by molar-refractivity contribution is 5.54. The van der Waals surface area contributed by atoms with E-state index in [1.165, 1.54) is 0 Å². The summed E-state index contributed by atoms with van der Waals surface area (Å²) in [7, 11) is 0. The van der Waals surface area contributed by atoms with Crippen LogP contribution in [0.25, 0.3) is 0 Å². The summed E-state index contributed by atoms with van der Waals surface area (Å²) in [6.45, 7) is 9.52. The van der Waals surface area contributed by atoms with Crippen LogP contribution in [0.15, 0.2) is 31.4 Å². The lowest BCUT2D eigenvalue weighted by Gasteiger charge is -2.15. The van der Waals surface area contributed by atoms with Gasteiger partial charge in [0.2, 0.25) is 0 Å². The Bertz CT molecular complexity index is 419. The van der Waals surface area contributed by atoms with E-state index in [4.69, 9.17) is 0 Å². The number of allylic oxidation sites excluding steroid dienone is 2. The van der Waals surface area contributed by atoms with Gasteiger partial charge in [-0.3, -0.25) is 0 Å². The summed E-state index contributed by atoms with van der Waals surface area (Å²) in [6, 6.07) is 1.66. The van der Waals surface area contributed by atoms with Gasteiger partial charge in [0.1, 0.15) is 0 Å². The molecule has 1 rings (SSSR count). The molecule has 0 bridgehead atoms. The number of hydrogen-bond acceptors (Lipinski definition) is 2. The van der Waals surface area contributed by atoms with Gasteiger partial charge in [0.25, 0.3) is 0 Å². The van der Waals surface area contributed by atoms with Gasteiger partial charge in [-0.15, -0.1) is 13.2 Å². The molecule has 17 heavy (non-hydrogen) atoms. The SMILES string of the molecule is C=CCc1c(CCC)cc(O)c(O)c1CC=C. The summed E-state index contributed by atoms with van der Waals surface area (Å²) in [4.78, 5) is 0. The molecule has 0 saturated carbocycles. The third kappa shape index (κ3) is 2.90. The van der Waals surface area contributed by atoms with E-state index in [2.05, 4.69) is 20.1 Å². The maximum Gasteiger partial charge on any atom is 0.161 e. The number of hydrogen-bond donors (Lipinski definition) is 2. The molecule has 0 aliphatic heterocycles. The predicted octanol–water partition coefficient (Wildman–Crippen LogP) is 3.51. The van der Waals surface area contributed by atoms with Crippen molar-refractivity contribution in [3.8, 4) is 11.5 Å². The van der Waals surface area contributed by atoms with Crippen molar-refractivity contribution < 1.29 is 10.2 Å². The molecule has 0 aromatic heterocycles. The fraction of sp³-hybridized carbons (Fsp3) is 0.333. The molecule has 0 radical (unpaired) electrons. The number of benzene rings is 1. The van der Waals surface area contributed by atoms with E-state index in [9.17, 15) is 10.2 Å². The minimum Gasteiger partial charge on any atom is -0.504 e. The number of aryl methyl sites for hydroxylation is 1. The van der Waals surface area contributed by atoms with Gasteiger partial charge < -0.3 is 10.2 Å². The summed E-state index contributed by atoms with van der Waals surface area (Å²) in [6.07, 6.45) is 6.70. The quantitative estimate of drug-likeness (QED) is 0.582. The second-order valence-electron chi connectivity index (χ2n) is 4.10. The molecule has 2 nitrogen and oxygen atoms in total. The number of phenols is 2. The summed E-state index contributed by atoms with van der Waals surface area (Å²) >= 11 is 0. The lowest BCUT2D eigenvalue weighted by molar-refractivity contribution is 0.399. The van der Waals surface area contributed by atoms with Crippen molar-refractivity contribution in [1.82, 2.24) is 0 Å². The minimum absolute atomic E-state index is 0.0263. The first-order chi connectivity index (χ1) is 8.15. The Balaban J connectivity index is 3.38. The molecule has 0 aliphatic rings. The van der Waals surface area contributed by atoms with Crippen LogP contribution < -0.4 is 0 Å². The van der Waals surface area contributed by atoms with Gasteiger partial charge >= 0.3 is 0 Å². The van der Waals surface area contributed by atoms with Crippen LogP contribution >= 0.6 is 0 Å². The Labute approximate surface area is 103 Å². The maximum atomic E-state index is 9.90. The van der Waals surface area contributed by atoms with Crippen LogP contribution in [-0.2, 0) is 19.3 Å². The topological polar surface area (TPSA) is 40.5 Å². The zero-order valence-electron chi connectivity index (χ0n) is 10.4. The van der Waals surface area contributed by atoms with E-state index in [1.54, 1.807) is 12.1 Å². The van der Waals surface area contributed by atoms with Crippen molar-refractivity contribution >= 4 is 0 Å². The van der Waals surface area contributed by atoms with Gasteiger partial charge in [-0.1, -0.05) is 25.5 Å². The van der Waals surface area contributed by atoms with E-state index in [-0.39, 0.29) is 11.5 Å².